The molecule has 2 unspecified atom stereocenters. The van der Waals surface area contributed by atoms with Gasteiger partial charge in [-0.3, -0.25) is 4.79 Å². The van der Waals surface area contributed by atoms with Gasteiger partial charge in [-0.05, 0) is 62.4 Å². The number of ether oxygens (including phenoxy) is 2. The van der Waals surface area contributed by atoms with Crippen LogP contribution in [0.5, 0.6) is 5.75 Å². The Morgan fingerprint density at radius 2 is 1.73 bits per heavy atom. The largest absolute Gasteiger partial charge is 0.497 e. The summed E-state index contributed by atoms with van der Waals surface area (Å²) in [7, 11) is 1.64. The molecule has 0 radical (unpaired) electrons. The molecule has 1 saturated carbocycles. The SMILES string of the molecule is COc1ccc(N(C(=O)C(C)OCc2ccccc2)C(C)C2CC2)cc1. The van der Waals surface area contributed by atoms with E-state index in [1.165, 1.54) is 12.8 Å². The van der Waals surface area contributed by atoms with Crippen molar-refractivity contribution in [2.24, 2.45) is 5.92 Å². The average Bonchev–Trinajstić information content (AvgIpc) is 3.52. The maximum atomic E-state index is 13.2. The first-order chi connectivity index (χ1) is 12.6. The molecule has 2 atom stereocenters. The highest BCUT2D eigenvalue weighted by Gasteiger charge is 2.36. The number of nitrogens with zero attached hydrogens (tertiary/aromatic N) is 1. The fourth-order valence-electron chi connectivity index (χ4n) is 3.16. The van der Waals surface area contributed by atoms with Crippen LogP contribution in [0.1, 0.15) is 32.3 Å². The first-order valence-corrected chi connectivity index (χ1v) is 9.23. The topological polar surface area (TPSA) is 38.8 Å². The molecule has 0 aliphatic heterocycles. The maximum absolute atomic E-state index is 13.2. The quantitative estimate of drug-likeness (QED) is 0.705. The van der Waals surface area contributed by atoms with Crippen LogP contribution in [0.25, 0.3) is 0 Å². The van der Waals surface area contributed by atoms with E-state index in [1.807, 2.05) is 66.4 Å². The lowest BCUT2D eigenvalue weighted by molar-refractivity contribution is -0.130. The summed E-state index contributed by atoms with van der Waals surface area (Å²) >= 11 is 0. The van der Waals surface area contributed by atoms with Crippen molar-refractivity contribution >= 4 is 11.6 Å². The third-order valence-electron chi connectivity index (χ3n) is 4.99. The fourth-order valence-corrected chi connectivity index (χ4v) is 3.16. The van der Waals surface area contributed by atoms with Crippen molar-refractivity contribution in [3.8, 4) is 5.75 Å². The van der Waals surface area contributed by atoms with Crippen LogP contribution in [0, 0.1) is 5.92 Å². The molecule has 2 aromatic carbocycles. The third-order valence-corrected chi connectivity index (χ3v) is 4.99. The molecular formula is C22H27NO3. The number of carbonyl (C=O) groups is 1. The Labute approximate surface area is 155 Å². The molecule has 4 heteroatoms. The Balaban J connectivity index is 1.73. The summed E-state index contributed by atoms with van der Waals surface area (Å²) in [6.07, 6.45) is 1.86. The number of hydrogen-bond acceptors (Lipinski definition) is 3. The second kappa shape index (κ2) is 8.37. The van der Waals surface area contributed by atoms with Crippen LogP contribution < -0.4 is 9.64 Å². The van der Waals surface area contributed by atoms with Crippen LogP contribution in [-0.2, 0) is 16.1 Å². The molecule has 0 saturated heterocycles. The van der Waals surface area contributed by atoms with E-state index in [-0.39, 0.29) is 11.9 Å². The van der Waals surface area contributed by atoms with Gasteiger partial charge in [-0.15, -0.1) is 0 Å². The van der Waals surface area contributed by atoms with Crippen LogP contribution in [0.4, 0.5) is 5.69 Å². The number of rotatable bonds is 8. The molecule has 0 N–H and O–H groups in total. The number of amides is 1. The molecule has 0 heterocycles. The molecule has 1 aliphatic rings. The second-order valence-electron chi connectivity index (χ2n) is 6.92. The number of methoxy groups -OCH3 is 1. The van der Waals surface area contributed by atoms with Crippen LogP contribution in [-0.4, -0.2) is 25.2 Å². The minimum Gasteiger partial charge on any atom is -0.497 e. The molecule has 3 rings (SSSR count). The molecule has 4 nitrogen and oxygen atoms in total. The van der Waals surface area contributed by atoms with Gasteiger partial charge in [0.15, 0.2) is 0 Å². The third kappa shape index (κ3) is 4.44. The minimum atomic E-state index is -0.501. The van der Waals surface area contributed by atoms with Gasteiger partial charge in [0.2, 0.25) is 0 Å². The normalized spacial score (nSPS) is 16.0. The predicted octanol–water partition coefficient (Wildman–Crippen LogP) is 4.43. The van der Waals surface area contributed by atoms with Crippen molar-refractivity contribution in [1.29, 1.82) is 0 Å². The summed E-state index contributed by atoms with van der Waals surface area (Å²) in [5.74, 6) is 1.36. The molecule has 0 aromatic heterocycles. The summed E-state index contributed by atoms with van der Waals surface area (Å²) in [5, 5.41) is 0. The Hall–Kier alpha value is -2.33. The van der Waals surface area contributed by atoms with E-state index >= 15 is 0 Å². The van der Waals surface area contributed by atoms with Crippen molar-refractivity contribution < 1.29 is 14.3 Å². The van der Waals surface area contributed by atoms with Crippen LogP contribution in [0.2, 0.25) is 0 Å². The van der Waals surface area contributed by atoms with Crippen LogP contribution in [0.15, 0.2) is 54.6 Å². The molecule has 1 fully saturated rings. The molecule has 0 bridgehead atoms. The van der Waals surface area contributed by atoms with E-state index in [0.29, 0.717) is 12.5 Å². The van der Waals surface area contributed by atoms with Gasteiger partial charge >= 0.3 is 0 Å². The van der Waals surface area contributed by atoms with Crippen molar-refractivity contribution in [3.63, 3.8) is 0 Å². The van der Waals surface area contributed by atoms with Crippen LogP contribution >= 0.6 is 0 Å². The first-order valence-electron chi connectivity index (χ1n) is 9.23. The Kier molecular flexibility index (Phi) is 5.94. The van der Waals surface area contributed by atoms with E-state index in [0.717, 1.165) is 17.0 Å². The van der Waals surface area contributed by atoms with Gasteiger partial charge in [0.05, 0.1) is 13.7 Å². The van der Waals surface area contributed by atoms with Gasteiger partial charge in [0.1, 0.15) is 11.9 Å². The highest BCUT2D eigenvalue weighted by molar-refractivity contribution is 5.97. The van der Waals surface area contributed by atoms with Crippen molar-refractivity contribution in [2.75, 3.05) is 12.0 Å². The molecule has 2 aromatic rings. The number of anilines is 1. The van der Waals surface area contributed by atoms with Crippen molar-refractivity contribution in [3.05, 3.63) is 60.2 Å². The molecule has 1 aliphatic carbocycles. The van der Waals surface area contributed by atoms with Crippen molar-refractivity contribution in [2.45, 2.75) is 45.4 Å². The molecule has 26 heavy (non-hydrogen) atoms. The lowest BCUT2D eigenvalue weighted by Gasteiger charge is -2.32. The Bertz CT molecular complexity index is 710. The minimum absolute atomic E-state index is 0.00509. The molecular weight excluding hydrogens is 326 g/mol. The van der Waals surface area contributed by atoms with E-state index in [1.54, 1.807) is 7.11 Å². The van der Waals surface area contributed by atoms with Gasteiger partial charge in [0, 0.05) is 11.7 Å². The van der Waals surface area contributed by atoms with Gasteiger partial charge in [0.25, 0.3) is 5.91 Å². The number of carbonyl (C=O) groups excluding carboxylic acids is 1. The zero-order valence-electron chi connectivity index (χ0n) is 15.7. The standard InChI is InChI=1S/C22H27NO3/c1-16(19-9-10-19)23(20-11-13-21(25-3)14-12-20)22(24)17(2)26-15-18-7-5-4-6-8-18/h4-8,11-14,16-17,19H,9-10,15H2,1-3H3. The average molecular weight is 353 g/mol. The molecule has 0 spiro atoms. The summed E-state index contributed by atoms with van der Waals surface area (Å²) in [6.45, 7) is 4.40. The van der Waals surface area contributed by atoms with Crippen molar-refractivity contribution in [1.82, 2.24) is 0 Å². The monoisotopic (exact) mass is 353 g/mol. The first kappa shape index (κ1) is 18.5. The highest BCUT2D eigenvalue weighted by atomic mass is 16.5. The van der Waals surface area contributed by atoms with E-state index < -0.39 is 6.10 Å². The maximum Gasteiger partial charge on any atom is 0.256 e. The summed E-state index contributed by atoms with van der Waals surface area (Å²) in [5.41, 5.74) is 1.96. The molecule has 1 amide bonds. The Morgan fingerprint density at radius 1 is 1.08 bits per heavy atom. The Morgan fingerprint density at radius 3 is 2.31 bits per heavy atom. The lowest BCUT2D eigenvalue weighted by atomic mass is 10.1. The van der Waals surface area contributed by atoms with Gasteiger partial charge in [-0.2, -0.15) is 0 Å². The summed E-state index contributed by atoms with van der Waals surface area (Å²) in [6, 6.07) is 17.8. The number of benzene rings is 2. The highest BCUT2D eigenvalue weighted by Crippen LogP contribution is 2.37. The van der Waals surface area contributed by atoms with Gasteiger partial charge < -0.3 is 14.4 Å². The van der Waals surface area contributed by atoms with E-state index in [4.69, 9.17) is 9.47 Å². The van der Waals surface area contributed by atoms with E-state index in [9.17, 15) is 4.79 Å². The summed E-state index contributed by atoms with van der Waals surface area (Å²) < 4.78 is 11.1. The van der Waals surface area contributed by atoms with E-state index in [2.05, 4.69) is 6.92 Å². The second-order valence-corrected chi connectivity index (χ2v) is 6.92. The lowest BCUT2D eigenvalue weighted by Crippen LogP contribution is -2.45. The fraction of sp³-hybridized carbons (Fsp3) is 0.409. The van der Waals surface area contributed by atoms with Gasteiger partial charge in [-0.1, -0.05) is 30.3 Å². The zero-order chi connectivity index (χ0) is 18.5. The predicted molar refractivity (Wildman–Crippen MR) is 103 cm³/mol. The van der Waals surface area contributed by atoms with Crippen LogP contribution in [0.3, 0.4) is 0 Å². The summed E-state index contributed by atoms with van der Waals surface area (Å²) in [4.78, 5) is 15.1. The smallest absolute Gasteiger partial charge is 0.256 e. The number of hydrogen-bond donors (Lipinski definition) is 0. The molecule has 138 valence electrons. The zero-order valence-corrected chi connectivity index (χ0v) is 15.7. The van der Waals surface area contributed by atoms with Gasteiger partial charge in [-0.25, -0.2) is 0 Å².